The van der Waals surface area contributed by atoms with Gasteiger partial charge in [-0.2, -0.15) is 5.10 Å². The Hall–Kier alpha value is -3.49. The fourth-order valence-corrected chi connectivity index (χ4v) is 2.40. The van der Waals surface area contributed by atoms with Crippen LogP contribution in [-0.4, -0.2) is 33.4 Å². The van der Waals surface area contributed by atoms with Crippen LogP contribution in [0.15, 0.2) is 39.6 Å². The topological polar surface area (TPSA) is 116 Å². The Morgan fingerprint density at radius 3 is 2.65 bits per heavy atom. The van der Waals surface area contributed by atoms with Crippen molar-refractivity contribution in [2.45, 2.75) is 20.4 Å². The molecule has 2 heterocycles. The van der Waals surface area contributed by atoms with Crippen LogP contribution >= 0.6 is 0 Å². The van der Waals surface area contributed by atoms with E-state index in [2.05, 4.69) is 15.6 Å². The Kier molecular flexibility index (Phi) is 4.78. The predicted octanol–water partition coefficient (Wildman–Crippen LogP) is 1.51. The van der Waals surface area contributed by atoms with Crippen molar-refractivity contribution in [2.75, 3.05) is 11.9 Å². The summed E-state index contributed by atoms with van der Waals surface area (Å²) in [5, 5.41) is 10.8. The molecule has 0 bridgehead atoms. The van der Waals surface area contributed by atoms with Gasteiger partial charge in [0.1, 0.15) is 5.76 Å². The summed E-state index contributed by atoms with van der Waals surface area (Å²) in [7, 11) is 0. The normalized spacial score (nSPS) is 10.7. The van der Waals surface area contributed by atoms with Gasteiger partial charge in [-0.25, -0.2) is 9.48 Å². The molecule has 9 heteroatoms. The minimum atomic E-state index is -0.796. The van der Waals surface area contributed by atoms with Gasteiger partial charge in [-0.15, -0.1) is 0 Å². The van der Waals surface area contributed by atoms with Crippen molar-refractivity contribution in [1.29, 1.82) is 0 Å². The quantitative estimate of drug-likeness (QED) is 0.689. The molecule has 1 N–H and O–H groups in total. The van der Waals surface area contributed by atoms with E-state index in [1.54, 1.807) is 38.1 Å². The summed E-state index contributed by atoms with van der Waals surface area (Å²) >= 11 is 0. The molecule has 0 atom stereocenters. The number of hydrogen-bond donors (Lipinski definition) is 1. The van der Waals surface area contributed by atoms with Crippen molar-refractivity contribution in [3.63, 3.8) is 0 Å². The fraction of sp³-hybridized carbons (Fsp3) is 0.235. The van der Waals surface area contributed by atoms with Crippen molar-refractivity contribution >= 4 is 28.5 Å². The first kappa shape index (κ1) is 17.3. The number of aromatic nitrogens is 3. The van der Waals surface area contributed by atoms with Crippen LogP contribution in [-0.2, 0) is 16.1 Å². The van der Waals surface area contributed by atoms with Gasteiger partial charge in [-0.05, 0) is 19.9 Å². The maximum absolute atomic E-state index is 12.4. The largest absolute Gasteiger partial charge is 0.451 e. The summed E-state index contributed by atoms with van der Waals surface area (Å²) in [6.45, 7) is 3.20. The van der Waals surface area contributed by atoms with Crippen LogP contribution in [0.4, 0.5) is 5.82 Å². The van der Waals surface area contributed by atoms with E-state index < -0.39 is 18.5 Å². The molecule has 1 aromatic carbocycles. The van der Waals surface area contributed by atoms with E-state index in [1.165, 1.54) is 10.7 Å². The van der Waals surface area contributed by atoms with Crippen LogP contribution in [0.1, 0.15) is 23.2 Å². The highest BCUT2D eigenvalue weighted by molar-refractivity contribution is 6.03. The predicted molar refractivity (Wildman–Crippen MR) is 91.8 cm³/mol. The van der Waals surface area contributed by atoms with E-state index in [0.717, 1.165) is 0 Å². The Morgan fingerprint density at radius 2 is 2.00 bits per heavy atom. The zero-order chi connectivity index (χ0) is 18.7. The molecule has 1 amide bonds. The van der Waals surface area contributed by atoms with E-state index in [0.29, 0.717) is 23.1 Å². The van der Waals surface area contributed by atoms with Crippen LogP contribution < -0.4 is 10.9 Å². The Bertz CT molecular complexity index is 1040. The molecular weight excluding hydrogens is 340 g/mol. The second kappa shape index (κ2) is 7.18. The Balaban J connectivity index is 1.78. The molecule has 3 aromatic rings. The molecule has 0 saturated carbocycles. The van der Waals surface area contributed by atoms with Crippen LogP contribution in [0.5, 0.6) is 0 Å². The van der Waals surface area contributed by atoms with Gasteiger partial charge >= 0.3 is 5.97 Å². The van der Waals surface area contributed by atoms with E-state index in [1.807, 2.05) is 0 Å². The van der Waals surface area contributed by atoms with Crippen LogP contribution in [0, 0.1) is 6.92 Å². The first-order valence-corrected chi connectivity index (χ1v) is 7.89. The van der Waals surface area contributed by atoms with Crippen molar-refractivity contribution < 1.29 is 18.8 Å². The summed E-state index contributed by atoms with van der Waals surface area (Å²) in [6.07, 6.45) is 0. The molecule has 0 radical (unpaired) electrons. The molecule has 0 aliphatic carbocycles. The van der Waals surface area contributed by atoms with Gasteiger partial charge in [0, 0.05) is 18.0 Å². The van der Waals surface area contributed by atoms with Crippen molar-refractivity contribution in [1.82, 2.24) is 14.9 Å². The number of nitrogens with one attached hydrogen (secondary N) is 1. The molecule has 0 aliphatic heterocycles. The molecule has 0 aliphatic rings. The summed E-state index contributed by atoms with van der Waals surface area (Å²) in [5.41, 5.74) is -0.314. The number of fused-ring (bicyclic) bond motifs is 1. The third-order valence-corrected chi connectivity index (χ3v) is 3.59. The maximum Gasteiger partial charge on any atom is 0.359 e. The summed E-state index contributed by atoms with van der Waals surface area (Å²) in [6, 6.07) is 8.15. The molecule has 9 nitrogen and oxygen atoms in total. The average molecular weight is 356 g/mol. The maximum atomic E-state index is 12.4. The van der Waals surface area contributed by atoms with Gasteiger partial charge < -0.3 is 14.6 Å². The Morgan fingerprint density at radius 1 is 1.27 bits per heavy atom. The number of aryl methyl sites for hydroxylation is 2. The van der Waals surface area contributed by atoms with Gasteiger partial charge in [-0.1, -0.05) is 23.4 Å². The fourth-order valence-electron chi connectivity index (χ4n) is 2.40. The highest BCUT2D eigenvalue weighted by Crippen LogP contribution is 2.14. The minimum Gasteiger partial charge on any atom is -0.451 e. The average Bonchev–Trinajstić information content (AvgIpc) is 3.05. The molecule has 26 heavy (non-hydrogen) atoms. The lowest BCUT2D eigenvalue weighted by molar-refractivity contribution is -0.119. The number of benzene rings is 1. The second-order valence-corrected chi connectivity index (χ2v) is 5.46. The number of anilines is 1. The lowest BCUT2D eigenvalue weighted by Crippen LogP contribution is -2.27. The number of carbonyl (C=O) groups excluding carboxylic acids is 2. The third-order valence-electron chi connectivity index (χ3n) is 3.59. The number of esters is 1. The summed E-state index contributed by atoms with van der Waals surface area (Å²) in [4.78, 5) is 36.5. The van der Waals surface area contributed by atoms with Crippen LogP contribution in [0.25, 0.3) is 10.8 Å². The first-order chi connectivity index (χ1) is 12.5. The van der Waals surface area contributed by atoms with Crippen molar-refractivity contribution in [3.05, 3.63) is 52.1 Å². The number of ether oxygens (including phenoxy) is 1. The van der Waals surface area contributed by atoms with Gasteiger partial charge in [-0.3, -0.25) is 9.59 Å². The first-order valence-electron chi connectivity index (χ1n) is 7.89. The molecule has 3 rings (SSSR count). The highest BCUT2D eigenvalue weighted by atomic mass is 16.5. The number of carbonyl (C=O) groups is 2. The van der Waals surface area contributed by atoms with Gasteiger partial charge in [0.2, 0.25) is 0 Å². The standard InChI is InChI=1S/C17H16N4O5/c1-3-21-16(23)12-7-5-4-6-11(12)15(19-21)17(24)25-9-14(22)18-13-8-10(2)26-20-13/h4-8H,3,9H2,1-2H3,(H,18,20,22). The smallest absolute Gasteiger partial charge is 0.359 e. The van der Waals surface area contributed by atoms with Crippen LogP contribution in [0.2, 0.25) is 0 Å². The van der Waals surface area contributed by atoms with Crippen molar-refractivity contribution in [3.8, 4) is 0 Å². The van der Waals surface area contributed by atoms with Gasteiger partial charge in [0.25, 0.3) is 11.5 Å². The summed E-state index contributed by atoms with van der Waals surface area (Å²) < 4.78 is 11.0. The minimum absolute atomic E-state index is 0.0212. The molecular formula is C17H16N4O5. The van der Waals surface area contributed by atoms with Gasteiger partial charge in [0.05, 0.1) is 5.39 Å². The number of hydrogen-bond acceptors (Lipinski definition) is 7. The number of amides is 1. The molecule has 134 valence electrons. The molecule has 2 aromatic heterocycles. The monoisotopic (exact) mass is 356 g/mol. The molecule has 0 spiro atoms. The molecule has 0 fully saturated rings. The zero-order valence-corrected chi connectivity index (χ0v) is 14.2. The van der Waals surface area contributed by atoms with E-state index in [-0.39, 0.29) is 17.1 Å². The molecule has 0 unspecified atom stereocenters. The van der Waals surface area contributed by atoms with Gasteiger partial charge in [0.15, 0.2) is 18.1 Å². The summed E-state index contributed by atoms with van der Waals surface area (Å²) in [5.74, 6) is -0.601. The molecule has 0 saturated heterocycles. The SMILES string of the molecule is CCn1nc(C(=O)OCC(=O)Nc2cc(C)on2)c2ccccc2c1=O. The third kappa shape index (κ3) is 3.46. The van der Waals surface area contributed by atoms with Crippen LogP contribution in [0.3, 0.4) is 0 Å². The van der Waals surface area contributed by atoms with E-state index >= 15 is 0 Å². The van der Waals surface area contributed by atoms with Crippen molar-refractivity contribution in [2.24, 2.45) is 0 Å². The highest BCUT2D eigenvalue weighted by Gasteiger charge is 2.19. The number of rotatable bonds is 5. The zero-order valence-electron chi connectivity index (χ0n) is 14.2. The van der Waals surface area contributed by atoms with E-state index in [4.69, 9.17) is 9.26 Å². The Labute approximate surface area is 147 Å². The number of nitrogens with zero attached hydrogens (tertiary/aromatic N) is 3. The lowest BCUT2D eigenvalue weighted by atomic mass is 10.1. The van der Waals surface area contributed by atoms with E-state index in [9.17, 15) is 14.4 Å². The second-order valence-electron chi connectivity index (χ2n) is 5.46. The lowest BCUT2D eigenvalue weighted by Gasteiger charge is -2.09.